The molecule has 0 radical (unpaired) electrons. The first-order chi connectivity index (χ1) is 8.89. The third-order valence-corrected chi connectivity index (χ3v) is 3.07. The molecule has 0 aromatic heterocycles. The van der Waals surface area contributed by atoms with Gasteiger partial charge >= 0.3 is 6.61 Å². The molecule has 2 rings (SSSR count). The van der Waals surface area contributed by atoms with Crippen molar-refractivity contribution in [1.29, 1.82) is 0 Å². The second-order valence-corrected chi connectivity index (χ2v) is 4.85. The standard InChI is InChI=1S/C13H15F2NO3/c1-13(18)6-7-16(8-13)11(17)9-4-2-3-5-10(9)19-12(14)15/h2-5,12,18H,6-8H2,1H3. The maximum Gasteiger partial charge on any atom is 0.387 e. The summed E-state index contributed by atoms with van der Waals surface area (Å²) in [5.74, 6) is -0.553. The number of benzene rings is 1. The van der Waals surface area contributed by atoms with E-state index in [1.807, 2.05) is 0 Å². The maximum absolute atomic E-state index is 12.3. The fraction of sp³-hybridized carbons (Fsp3) is 0.462. The minimum Gasteiger partial charge on any atom is -0.434 e. The van der Waals surface area contributed by atoms with E-state index in [0.717, 1.165) is 0 Å². The predicted octanol–water partition coefficient (Wildman–Crippen LogP) is 1.88. The summed E-state index contributed by atoms with van der Waals surface area (Å²) in [6, 6.07) is 5.87. The van der Waals surface area contributed by atoms with E-state index in [1.165, 1.54) is 23.1 Å². The molecular formula is C13H15F2NO3. The van der Waals surface area contributed by atoms with Gasteiger partial charge in [0.1, 0.15) is 5.75 Å². The van der Waals surface area contributed by atoms with Crippen molar-refractivity contribution in [3.8, 4) is 5.75 Å². The van der Waals surface area contributed by atoms with Gasteiger partial charge in [0.15, 0.2) is 0 Å². The van der Waals surface area contributed by atoms with Crippen LogP contribution in [0.5, 0.6) is 5.75 Å². The Kier molecular flexibility index (Phi) is 3.71. The molecule has 1 fully saturated rings. The minimum absolute atomic E-state index is 0.0838. The molecule has 1 saturated heterocycles. The summed E-state index contributed by atoms with van der Waals surface area (Å²) in [6.45, 7) is -0.749. The highest BCUT2D eigenvalue weighted by atomic mass is 19.3. The first kappa shape index (κ1) is 13.7. The van der Waals surface area contributed by atoms with Crippen molar-refractivity contribution in [3.63, 3.8) is 0 Å². The number of halogens is 2. The van der Waals surface area contributed by atoms with E-state index in [1.54, 1.807) is 13.0 Å². The zero-order valence-corrected chi connectivity index (χ0v) is 10.5. The van der Waals surface area contributed by atoms with Crippen LogP contribution in [0.1, 0.15) is 23.7 Å². The Hall–Kier alpha value is -1.69. The van der Waals surface area contributed by atoms with Crippen LogP contribution in [-0.4, -0.2) is 41.2 Å². The van der Waals surface area contributed by atoms with Gasteiger partial charge in [-0.3, -0.25) is 4.79 Å². The van der Waals surface area contributed by atoms with Gasteiger partial charge in [-0.15, -0.1) is 0 Å². The molecule has 6 heteroatoms. The van der Waals surface area contributed by atoms with Crippen molar-refractivity contribution < 1.29 is 23.4 Å². The van der Waals surface area contributed by atoms with E-state index in [-0.39, 0.29) is 17.9 Å². The highest BCUT2D eigenvalue weighted by Crippen LogP contribution is 2.26. The van der Waals surface area contributed by atoms with Crippen molar-refractivity contribution >= 4 is 5.91 Å². The second kappa shape index (κ2) is 5.13. The molecule has 1 atom stereocenters. The predicted molar refractivity (Wildman–Crippen MR) is 64.2 cm³/mol. The van der Waals surface area contributed by atoms with Gasteiger partial charge in [-0.25, -0.2) is 0 Å². The number of rotatable bonds is 3. The Balaban J connectivity index is 2.20. The monoisotopic (exact) mass is 271 g/mol. The summed E-state index contributed by atoms with van der Waals surface area (Å²) in [5, 5.41) is 9.83. The minimum atomic E-state index is -2.98. The van der Waals surface area contributed by atoms with Gasteiger partial charge in [0.25, 0.3) is 5.91 Å². The lowest BCUT2D eigenvalue weighted by Crippen LogP contribution is -2.34. The Morgan fingerprint density at radius 1 is 1.47 bits per heavy atom. The van der Waals surface area contributed by atoms with E-state index >= 15 is 0 Å². The molecule has 1 amide bonds. The third-order valence-electron chi connectivity index (χ3n) is 3.07. The van der Waals surface area contributed by atoms with Gasteiger partial charge in [-0.2, -0.15) is 8.78 Å². The maximum atomic E-state index is 12.3. The molecule has 4 nitrogen and oxygen atoms in total. The molecule has 1 aliphatic heterocycles. The van der Waals surface area contributed by atoms with Gasteiger partial charge in [0.05, 0.1) is 11.2 Å². The highest BCUT2D eigenvalue weighted by molar-refractivity contribution is 5.97. The highest BCUT2D eigenvalue weighted by Gasteiger charge is 2.35. The number of nitrogens with zero attached hydrogens (tertiary/aromatic N) is 1. The van der Waals surface area contributed by atoms with Crippen molar-refractivity contribution in [2.75, 3.05) is 13.1 Å². The molecule has 1 aromatic carbocycles. The van der Waals surface area contributed by atoms with Crippen molar-refractivity contribution in [2.24, 2.45) is 0 Å². The van der Waals surface area contributed by atoms with Crippen LogP contribution < -0.4 is 4.74 Å². The SMILES string of the molecule is CC1(O)CCN(C(=O)c2ccccc2OC(F)F)C1. The van der Waals surface area contributed by atoms with Gasteiger partial charge in [0.2, 0.25) is 0 Å². The smallest absolute Gasteiger partial charge is 0.387 e. The molecule has 1 unspecified atom stereocenters. The van der Waals surface area contributed by atoms with Gasteiger partial charge in [0, 0.05) is 13.1 Å². The first-order valence-electron chi connectivity index (χ1n) is 5.94. The van der Waals surface area contributed by atoms with Gasteiger partial charge in [-0.05, 0) is 25.5 Å². The number of ether oxygens (including phenoxy) is 1. The molecule has 0 spiro atoms. The number of β-amino-alcohol motifs (C(OH)–C–C–N with tert-alkyl or cyclic N) is 1. The number of likely N-dealkylation sites (tertiary alicyclic amines) is 1. The number of amides is 1. The Morgan fingerprint density at radius 3 is 2.74 bits per heavy atom. The molecule has 1 aliphatic rings. The molecule has 1 N–H and O–H groups in total. The zero-order valence-electron chi connectivity index (χ0n) is 10.5. The van der Waals surface area contributed by atoms with Crippen molar-refractivity contribution in [3.05, 3.63) is 29.8 Å². The average molecular weight is 271 g/mol. The number of para-hydroxylation sites is 1. The van der Waals surface area contributed by atoms with E-state index in [4.69, 9.17) is 0 Å². The summed E-state index contributed by atoms with van der Waals surface area (Å²) >= 11 is 0. The summed E-state index contributed by atoms with van der Waals surface area (Å²) in [5.41, 5.74) is -0.839. The molecule has 19 heavy (non-hydrogen) atoms. The van der Waals surface area contributed by atoms with E-state index in [9.17, 15) is 18.7 Å². The third kappa shape index (κ3) is 3.20. The summed E-state index contributed by atoms with van der Waals surface area (Å²) in [4.78, 5) is 13.7. The number of hydrogen-bond acceptors (Lipinski definition) is 3. The summed E-state index contributed by atoms with van der Waals surface area (Å²) in [7, 11) is 0. The Morgan fingerprint density at radius 2 is 2.16 bits per heavy atom. The zero-order chi connectivity index (χ0) is 14.0. The lowest BCUT2D eigenvalue weighted by Gasteiger charge is -2.20. The number of hydrogen-bond donors (Lipinski definition) is 1. The van der Waals surface area contributed by atoms with Crippen LogP contribution in [0.15, 0.2) is 24.3 Å². The van der Waals surface area contributed by atoms with Gasteiger partial charge in [-0.1, -0.05) is 12.1 Å². The fourth-order valence-corrected chi connectivity index (χ4v) is 2.13. The molecular weight excluding hydrogens is 256 g/mol. The van der Waals surface area contributed by atoms with E-state index in [0.29, 0.717) is 13.0 Å². The van der Waals surface area contributed by atoms with Crippen LogP contribution in [0.3, 0.4) is 0 Å². The quantitative estimate of drug-likeness (QED) is 0.913. The molecule has 1 aromatic rings. The van der Waals surface area contributed by atoms with Gasteiger partial charge < -0.3 is 14.7 Å². The largest absolute Gasteiger partial charge is 0.434 e. The number of alkyl halides is 2. The van der Waals surface area contributed by atoms with E-state index < -0.39 is 18.1 Å². The molecule has 1 heterocycles. The number of carbonyl (C=O) groups is 1. The van der Waals surface area contributed by atoms with Crippen molar-refractivity contribution in [1.82, 2.24) is 4.90 Å². The second-order valence-electron chi connectivity index (χ2n) is 4.85. The summed E-state index contributed by atoms with van der Waals surface area (Å²) < 4.78 is 28.9. The van der Waals surface area contributed by atoms with Crippen LogP contribution in [-0.2, 0) is 0 Å². The van der Waals surface area contributed by atoms with Crippen LogP contribution in [0.2, 0.25) is 0 Å². The number of aliphatic hydroxyl groups is 1. The van der Waals surface area contributed by atoms with E-state index in [2.05, 4.69) is 4.74 Å². The molecule has 0 saturated carbocycles. The molecule has 0 aliphatic carbocycles. The van der Waals surface area contributed by atoms with Crippen LogP contribution in [0, 0.1) is 0 Å². The first-order valence-corrected chi connectivity index (χ1v) is 5.94. The number of carbonyl (C=O) groups excluding carboxylic acids is 1. The molecule has 104 valence electrons. The normalized spacial score (nSPS) is 22.9. The lowest BCUT2D eigenvalue weighted by atomic mass is 10.1. The van der Waals surface area contributed by atoms with Crippen LogP contribution in [0.4, 0.5) is 8.78 Å². The average Bonchev–Trinajstić information content (AvgIpc) is 2.69. The summed E-state index contributed by atoms with van der Waals surface area (Å²) in [6.07, 6.45) is 0.469. The van der Waals surface area contributed by atoms with Crippen molar-refractivity contribution in [2.45, 2.75) is 25.6 Å². The Labute approximate surface area is 109 Å². The van der Waals surface area contributed by atoms with Crippen LogP contribution >= 0.6 is 0 Å². The topological polar surface area (TPSA) is 49.8 Å². The fourth-order valence-electron chi connectivity index (χ4n) is 2.13. The Bertz CT molecular complexity index is 477. The molecule has 0 bridgehead atoms. The van der Waals surface area contributed by atoms with Crippen LogP contribution in [0.25, 0.3) is 0 Å². The lowest BCUT2D eigenvalue weighted by molar-refractivity contribution is -0.0503.